The molecular weight excluding hydrogens is 442 g/mol. The van der Waals surface area contributed by atoms with Crippen LogP contribution in [-0.2, 0) is 0 Å². The van der Waals surface area contributed by atoms with Crippen LogP contribution in [0.4, 0.5) is 9.93 Å². The second-order valence-corrected chi connectivity index (χ2v) is 9.83. The predicted octanol–water partition coefficient (Wildman–Crippen LogP) is 5.39. The molecule has 0 bridgehead atoms. The van der Waals surface area contributed by atoms with Crippen LogP contribution in [0.5, 0.6) is 0 Å². The van der Waals surface area contributed by atoms with Gasteiger partial charge in [0.05, 0.1) is 15.8 Å². The largest absolute Gasteiger partial charge is 0.349 e. The number of pyridine rings is 1. The lowest BCUT2D eigenvalue weighted by atomic mass is 9.95. The highest BCUT2D eigenvalue weighted by atomic mass is 32.1. The van der Waals surface area contributed by atoms with Gasteiger partial charge in [-0.2, -0.15) is 0 Å². The number of fused-ring (bicyclic) bond motifs is 2. The Labute approximate surface area is 193 Å². The first kappa shape index (κ1) is 20.8. The van der Waals surface area contributed by atoms with E-state index in [2.05, 4.69) is 25.9 Å². The first-order chi connectivity index (χ1) is 15.6. The fourth-order valence-electron chi connectivity index (χ4n) is 4.08. The third kappa shape index (κ3) is 4.18. The molecule has 1 aliphatic carbocycles. The number of thiazole rings is 1. The number of hydrogen-bond acceptors (Lipinski definition) is 6. The quantitative estimate of drug-likeness (QED) is 0.377. The van der Waals surface area contributed by atoms with Crippen LogP contribution < -0.4 is 16.0 Å². The van der Waals surface area contributed by atoms with Crippen LogP contribution in [0.3, 0.4) is 0 Å². The number of thiophene rings is 1. The number of carbonyl (C=O) groups is 2. The molecule has 1 aliphatic rings. The van der Waals surface area contributed by atoms with E-state index in [1.165, 1.54) is 41.9 Å². The van der Waals surface area contributed by atoms with Crippen molar-refractivity contribution in [3.05, 3.63) is 41.4 Å². The van der Waals surface area contributed by atoms with Gasteiger partial charge in [-0.15, -0.1) is 11.3 Å². The summed E-state index contributed by atoms with van der Waals surface area (Å²) in [5.41, 5.74) is 3.45. The summed E-state index contributed by atoms with van der Waals surface area (Å²) in [5, 5.41) is 11.8. The maximum atomic E-state index is 12.9. The molecule has 1 saturated carbocycles. The molecule has 4 aromatic rings. The molecular formula is C23H23N5O2S2. The minimum atomic E-state index is -0.296. The summed E-state index contributed by atoms with van der Waals surface area (Å²) < 4.78 is 0.967. The average molecular weight is 466 g/mol. The molecule has 9 heteroatoms. The highest BCUT2D eigenvalue weighted by molar-refractivity contribution is 7.22. The van der Waals surface area contributed by atoms with Crippen molar-refractivity contribution in [1.29, 1.82) is 0 Å². The average Bonchev–Trinajstić information content (AvgIpc) is 3.42. The predicted molar refractivity (Wildman–Crippen MR) is 131 cm³/mol. The van der Waals surface area contributed by atoms with Crippen LogP contribution in [0.25, 0.3) is 31.6 Å². The van der Waals surface area contributed by atoms with E-state index in [0.717, 1.165) is 44.4 Å². The van der Waals surface area contributed by atoms with E-state index in [0.29, 0.717) is 10.7 Å². The molecule has 3 amide bonds. The number of aromatic nitrogens is 2. The SMILES string of the molecule is CNC(=O)Nc1nc2ccc(-c3cnc4scc(C(=O)NC5CCCCC5)c4c3)cc2s1. The summed E-state index contributed by atoms with van der Waals surface area (Å²) in [5.74, 6) is -0.00933. The van der Waals surface area contributed by atoms with Crippen LogP contribution >= 0.6 is 22.7 Å². The molecule has 5 rings (SSSR count). The van der Waals surface area contributed by atoms with Crippen molar-refractivity contribution in [3.8, 4) is 11.1 Å². The summed E-state index contributed by atoms with van der Waals surface area (Å²) in [6.07, 6.45) is 7.58. The molecule has 7 nitrogen and oxygen atoms in total. The minimum Gasteiger partial charge on any atom is -0.349 e. The Kier molecular flexibility index (Phi) is 5.75. The fourth-order valence-corrected chi connectivity index (χ4v) is 5.85. The highest BCUT2D eigenvalue weighted by Gasteiger charge is 2.20. The number of nitrogens with zero attached hydrogens (tertiary/aromatic N) is 2. The van der Waals surface area contributed by atoms with E-state index in [1.54, 1.807) is 7.05 Å². The van der Waals surface area contributed by atoms with E-state index >= 15 is 0 Å². The van der Waals surface area contributed by atoms with E-state index in [9.17, 15) is 9.59 Å². The Hall–Kier alpha value is -3.04. The molecule has 0 aliphatic heterocycles. The van der Waals surface area contributed by atoms with Gasteiger partial charge in [0.25, 0.3) is 5.91 Å². The molecule has 32 heavy (non-hydrogen) atoms. The summed E-state index contributed by atoms with van der Waals surface area (Å²) in [7, 11) is 1.57. The van der Waals surface area contributed by atoms with Crippen molar-refractivity contribution < 1.29 is 9.59 Å². The topological polar surface area (TPSA) is 96.0 Å². The van der Waals surface area contributed by atoms with E-state index in [-0.39, 0.29) is 18.0 Å². The van der Waals surface area contributed by atoms with Crippen molar-refractivity contribution in [1.82, 2.24) is 20.6 Å². The second-order valence-electron chi connectivity index (χ2n) is 7.94. The van der Waals surface area contributed by atoms with Crippen molar-refractivity contribution in [2.75, 3.05) is 12.4 Å². The number of rotatable bonds is 4. The van der Waals surface area contributed by atoms with E-state index in [4.69, 9.17) is 0 Å². The van der Waals surface area contributed by atoms with Crippen LogP contribution in [0.15, 0.2) is 35.8 Å². The maximum Gasteiger partial charge on any atom is 0.320 e. The van der Waals surface area contributed by atoms with Crippen LogP contribution in [-0.4, -0.2) is 35.0 Å². The van der Waals surface area contributed by atoms with Gasteiger partial charge in [0.15, 0.2) is 5.13 Å². The van der Waals surface area contributed by atoms with Gasteiger partial charge in [-0.25, -0.2) is 14.8 Å². The third-order valence-corrected chi connectivity index (χ3v) is 7.62. The lowest BCUT2D eigenvalue weighted by molar-refractivity contribution is 0.0930. The summed E-state index contributed by atoms with van der Waals surface area (Å²) in [4.78, 5) is 34.4. The Bertz CT molecular complexity index is 1310. The Morgan fingerprint density at radius 3 is 2.75 bits per heavy atom. The van der Waals surface area contributed by atoms with Gasteiger partial charge in [-0.3, -0.25) is 10.1 Å². The van der Waals surface area contributed by atoms with Gasteiger partial charge < -0.3 is 10.6 Å². The molecule has 1 fully saturated rings. The zero-order valence-corrected chi connectivity index (χ0v) is 19.2. The molecule has 0 radical (unpaired) electrons. The maximum absolute atomic E-state index is 12.9. The first-order valence-corrected chi connectivity index (χ1v) is 12.4. The third-order valence-electron chi connectivity index (χ3n) is 5.78. The lowest BCUT2D eigenvalue weighted by Crippen LogP contribution is -2.36. The van der Waals surface area contributed by atoms with Crippen molar-refractivity contribution >= 4 is 60.2 Å². The number of nitrogens with one attached hydrogen (secondary N) is 3. The molecule has 0 spiro atoms. The summed E-state index contributed by atoms with van der Waals surface area (Å²) in [6, 6.07) is 7.98. The van der Waals surface area contributed by atoms with E-state index < -0.39 is 0 Å². The fraction of sp³-hybridized carbons (Fsp3) is 0.304. The molecule has 1 aromatic carbocycles. The molecule has 3 heterocycles. The number of carbonyl (C=O) groups excluding carboxylic acids is 2. The van der Waals surface area contributed by atoms with Gasteiger partial charge >= 0.3 is 6.03 Å². The number of benzene rings is 1. The van der Waals surface area contributed by atoms with Crippen LogP contribution in [0, 0.1) is 0 Å². The molecule has 0 saturated heterocycles. The monoisotopic (exact) mass is 465 g/mol. The zero-order chi connectivity index (χ0) is 22.1. The summed E-state index contributed by atoms with van der Waals surface area (Å²) >= 11 is 2.91. The number of anilines is 1. The molecule has 3 aromatic heterocycles. The van der Waals surface area contributed by atoms with Crippen LogP contribution in [0.1, 0.15) is 42.5 Å². The second kappa shape index (κ2) is 8.84. The Morgan fingerprint density at radius 2 is 1.94 bits per heavy atom. The van der Waals surface area contributed by atoms with Crippen molar-refractivity contribution in [2.45, 2.75) is 38.1 Å². The van der Waals surface area contributed by atoms with Gasteiger partial charge in [0.2, 0.25) is 0 Å². The van der Waals surface area contributed by atoms with Gasteiger partial charge in [0, 0.05) is 35.6 Å². The molecule has 164 valence electrons. The normalized spacial score (nSPS) is 14.5. The van der Waals surface area contributed by atoms with Gasteiger partial charge in [0.1, 0.15) is 4.83 Å². The molecule has 3 N–H and O–H groups in total. The minimum absolute atomic E-state index is 0.00933. The van der Waals surface area contributed by atoms with Gasteiger partial charge in [-0.1, -0.05) is 36.7 Å². The number of hydrogen-bond donors (Lipinski definition) is 3. The Balaban J connectivity index is 1.43. The molecule has 0 atom stereocenters. The zero-order valence-electron chi connectivity index (χ0n) is 17.6. The number of amides is 3. The highest BCUT2D eigenvalue weighted by Crippen LogP contribution is 2.33. The molecule has 0 unspecified atom stereocenters. The number of urea groups is 1. The van der Waals surface area contributed by atoms with Crippen LogP contribution in [0.2, 0.25) is 0 Å². The van der Waals surface area contributed by atoms with Gasteiger partial charge in [-0.05, 0) is 36.6 Å². The van der Waals surface area contributed by atoms with Crippen molar-refractivity contribution in [2.24, 2.45) is 0 Å². The summed E-state index contributed by atoms with van der Waals surface area (Å²) in [6.45, 7) is 0. The van der Waals surface area contributed by atoms with Crippen molar-refractivity contribution in [3.63, 3.8) is 0 Å². The lowest BCUT2D eigenvalue weighted by Gasteiger charge is -2.22. The standard InChI is InChI=1S/C23H23N5O2S2/c1-24-22(30)28-23-27-18-8-7-13(10-19(18)32-23)14-9-16-17(12-31-21(16)25-11-14)20(29)26-15-5-3-2-4-6-15/h7-12,15H,2-6H2,1H3,(H,26,29)(H2,24,27,28,30). The Morgan fingerprint density at radius 1 is 1.09 bits per heavy atom. The smallest absolute Gasteiger partial charge is 0.320 e. The first-order valence-electron chi connectivity index (χ1n) is 10.7. The van der Waals surface area contributed by atoms with E-state index in [1.807, 2.05) is 35.8 Å².